The number of methoxy groups -OCH3 is 2. The fourth-order valence-corrected chi connectivity index (χ4v) is 13.2. The number of hydrogen-bond acceptors (Lipinski definition) is 11. The van der Waals surface area contributed by atoms with Crippen LogP contribution < -0.4 is 19.9 Å². The Balaban J connectivity index is 1.05. The molecular weight excluding hydrogens is 784 g/mol. The molecule has 2 N–H and O–H groups in total. The van der Waals surface area contributed by atoms with Gasteiger partial charge in [-0.1, -0.05) is 103 Å². The highest BCUT2D eigenvalue weighted by atomic mass is 32.7. The van der Waals surface area contributed by atoms with E-state index in [9.17, 15) is 4.79 Å². The lowest BCUT2D eigenvalue weighted by Crippen LogP contribution is -2.41. The average Bonchev–Trinajstić information content (AvgIpc) is 4.02. The van der Waals surface area contributed by atoms with Crippen LogP contribution in [0, 0.1) is 0 Å². The molecular formula is C45H47N6O6PS. The van der Waals surface area contributed by atoms with Crippen LogP contribution in [0.15, 0.2) is 122 Å². The van der Waals surface area contributed by atoms with Crippen molar-refractivity contribution in [1.29, 1.82) is 0 Å². The monoisotopic (exact) mass is 830 g/mol. The Morgan fingerprint density at radius 1 is 0.847 bits per heavy atom. The second-order valence-electron chi connectivity index (χ2n) is 15.1. The Morgan fingerprint density at radius 2 is 1.49 bits per heavy atom. The molecule has 2 aromatic heterocycles. The van der Waals surface area contributed by atoms with Crippen LogP contribution in [0.25, 0.3) is 11.2 Å². The quantitative estimate of drug-likeness (QED) is 0.0854. The van der Waals surface area contributed by atoms with Crippen molar-refractivity contribution in [3.05, 3.63) is 144 Å². The number of amides is 1. The smallest absolute Gasteiger partial charge is 0.256 e. The molecule has 1 aliphatic carbocycles. The molecule has 9 rings (SSSR count). The van der Waals surface area contributed by atoms with Crippen LogP contribution in [-0.2, 0) is 19.6 Å². The van der Waals surface area contributed by atoms with E-state index in [0.717, 1.165) is 34.8 Å². The summed E-state index contributed by atoms with van der Waals surface area (Å²) in [5.41, 5.74) is 3.38. The molecule has 1 amide bonds. The van der Waals surface area contributed by atoms with Crippen molar-refractivity contribution in [3.63, 3.8) is 0 Å². The van der Waals surface area contributed by atoms with Gasteiger partial charge in [-0.05, 0) is 65.9 Å². The maximum absolute atomic E-state index is 13.1. The maximum atomic E-state index is 13.1. The van der Waals surface area contributed by atoms with Crippen molar-refractivity contribution in [1.82, 2.24) is 24.6 Å². The van der Waals surface area contributed by atoms with E-state index in [0.29, 0.717) is 29.0 Å². The van der Waals surface area contributed by atoms with Crippen LogP contribution in [0.2, 0.25) is 0 Å². The zero-order valence-electron chi connectivity index (χ0n) is 33.0. The van der Waals surface area contributed by atoms with Gasteiger partial charge in [-0.25, -0.2) is 15.0 Å². The Bertz CT molecular complexity index is 2300. The van der Waals surface area contributed by atoms with Crippen molar-refractivity contribution in [2.75, 3.05) is 32.8 Å². The van der Waals surface area contributed by atoms with Crippen molar-refractivity contribution in [3.8, 4) is 11.5 Å². The molecule has 3 aliphatic rings. The van der Waals surface area contributed by atoms with Crippen LogP contribution in [-0.4, -0.2) is 69.8 Å². The number of rotatable bonds is 13. The molecule has 6 aromatic rings. The lowest BCUT2D eigenvalue weighted by Gasteiger charge is -2.37. The van der Waals surface area contributed by atoms with Gasteiger partial charge in [-0.15, -0.1) is 0 Å². The molecule has 304 valence electrons. The third-order valence-corrected chi connectivity index (χ3v) is 15.8. The molecule has 0 radical (unpaired) electrons. The number of carbonyl (C=O) groups is 1. The van der Waals surface area contributed by atoms with Gasteiger partial charge in [0.25, 0.3) is 5.91 Å². The minimum atomic E-state index is -1.03. The fourth-order valence-electron chi connectivity index (χ4n) is 8.43. The van der Waals surface area contributed by atoms with Gasteiger partial charge in [0, 0.05) is 22.8 Å². The van der Waals surface area contributed by atoms with E-state index in [2.05, 4.69) is 56.8 Å². The van der Waals surface area contributed by atoms with Crippen LogP contribution in [0.3, 0.4) is 0 Å². The molecule has 1 unspecified atom stereocenters. The van der Waals surface area contributed by atoms with Crippen molar-refractivity contribution < 1.29 is 28.3 Å². The van der Waals surface area contributed by atoms with Crippen molar-refractivity contribution >= 4 is 41.8 Å². The van der Waals surface area contributed by atoms with Crippen LogP contribution in [0.4, 0.5) is 5.82 Å². The lowest BCUT2D eigenvalue weighted by molar-refractivity contribution is -0.0787. The SMILES string of the molecule is COc1ccc(C(OC[C@H]2O[C@@H](n3cnc4c(NC(=O)c5ccccc5)ncnc43)C[C@@H]2NP2OCC3(CCCCC3)S2)(c2ccccc2)c2ccc(OC)cc2)cc1. The van der Waals surface area contributed by atoms with Crippen LogP contribution >= 0.6 is 18.9 Å². The number of fused-ring (bicyclic) bond motifs is 1. The van der Waals surface area contributed by atoms with Gasteiger partial charge in [-0.3, -0.25) is 14.4 Å². The summed E-state index contributed by atoms with van der Waals surface area (Å²) in [7, 11) is 2.36. The summed E-state index contributed by atoms with van der Waals surface area (Å²) in [6.45, 7) is 1.00. The zero-order valence-corrected chi connectivity index (χ0v) is 34.7. The predicted octanol–water partition coefficient (Wildman–Crippen LogP) is 9.04. The molecule has 1 saturated carbocycles. The van der Waals surface area contributed by atoms with E-state index >= 15 is 0 Å². The first-order chi connectivity index (χ1) is 29.0. The first-order valence-corrected chi connectivity index (χ1v) is 22.7. The van der Waals surface area contributed by atoms with Crippen LogP contribution in [0.5, 0.6) is 11.5 Å². The number of hydrogen-bond donors (Lipinski definition) is 2. The fraction of sp³-hybridized carbons (Fsp3) is 0.333. The summed E-state index contributed by atoms with van der Waals surface area (Å²) in [5, 5.41) is 6.85. The third kappa shape index (κ3) is 8.07. The standard InChI is InChI=1S/C45H47N6O6PS/c1-53-35-20-16-33(17-21-35)45(32-14-8-4-9-15-32,34-18-22-36(54-2)23-19-34)55-27-38-37(50-58-56-28-44(59-58)24-10-5-11-25-44)26-39(57-38)51-30-48-40-41(46-29-47-42(40)51)49-43(52)31-12-6-3-7-13-31/h3-4,6-9,12-23,29-30,37-39,50H,5,10-11,24-28H2,1-2H3,(H,46,47,49,52)/t37-,38+,39+,58?/m0/s1. The Hall–Kier alpha value is -4.88. The molecule has 1 spiro atoms. The second kappa shape index (κ2) is 17.4. The van der Waals surface area contributed by atoms with Crippen LogP contribution in [0.1, 0.15) is 71.8 Å². The minimum Gasteiger partial charge on any atom is -0.497 e. The van der Waals surface area contributed by atoms with Gasteiger partial charge < -0.3 is 28.8 Å². The molecule has 4 aromatic carbocycles. The van der Waals surface area contributed by atoms with E-state index in [-0.39, 0.29) is 23.3 Å². The number of nitrogens with zero attached hydrogens (tertiary/aromatic N) is 4. The van der Waals surface area contributed by atoms with E-state index in [4.69, 9.17) is 28.5 Å². The minimum absolute atomic E-state index is 0.130. The molecule has 59 heavy (non-hydrogen) atoms. The van der Waals surface area contributed by atoms with Gasteiger partial charge in [0.15, 0.2) is 24.5 Å². The summed E-state index contributed by atoms with van der Waals surface area (Å²) in [5.74, 6) is 1.56. The van der Waals surface area contributed by atoms with Gasteiger partial charge >= 0.3 is 0 Å². The van der Waals surface area contributed by atoms with Gasteiger partial charge in [0.2, 0.25) is 0 Å². The Morgan fingerprint density at radius 3 is 2.15 bits per heavy atom. The summed E-state index contributed by atoms with van der Waals surface area (Å²) in [6, 6.07) is 35.3. The molecule has 14 heteroatoms. The summed E-state index contributed by atoms with van der Waals surface area (Å²) in [4.78, 5) is 26.9. The summed E-state index contributed by atoms with van der Waals surface area (Å²) < 4.78 is 34.2. The van der Waals surface area contributed by atoms with Crippen molar-refractivity contribution in [2.45, 2.75) is 67.2 Å². The molecule has 4 heterocycles. The molecule has 2 aliphatic heterocycles. The Labute approximate surface area is 349 Å². The number of anilines is 1. The number of ether oxygens (including phenoxy) is 4. The molecule has 3 fully saturated rings. The molecule has 2 saturated heterocycles. The zero-order chi connectivity index (χ0) is 40.2. The Kier molecular flexibility index (Phi) is 11.7. The topological polar surface area (TPSA) is 131 Å². The van der Waals surface area contributed by atoms with Crippen molar-refractivity contribution in [2.24, 2.45) is 0 Å². The van der Waals surface area contributed by atoms with E-state index in [1.807, 2.05) is 76.6 Å². The van der Waals surface area contributed by atoms with E-state index in [1.54, 1.807) is 32.7 Å². The number of nitrogens with one attached hydrogen (secondary N) is 2. The van der Waals surface area contributed by atoms with Gasteiger partial charge in [0.1, 0.15) is 29.7 Å². The molecule has 12 nitrogen and oxygen atoms in total. The predicted molar refractivity (Wildman–Crippen MR) is 230 cm³/mol. The third-order valence-electron chi connectivity index (χ3n) is 11.6. The highest BCUT2D eigenvalue weighted by Crippen LogP contribution is 2.65. The number of benzene rings is 4. The first-order valence-electron chi connectivity index (χ1n) is 20.0. The average molecular weight is 831 g/mol. The molecule has 4 atom stereocenters. The lowest BCUT2D eigenvalue weighted by atomic mass is 9.80. The summed E-state index contributed by atoms with van der Waals surface area (Å²) in [6.07, 6.45) is 9.06. The van der Waals surface area contributed by atoms with Gasteiger partial charge in [0.05, 0.1) is 39.9 Å². The van der Waals surface area contributed by atoms with Gasteiger partial charge in [-0.2, -0.15) is 0 Å². The largest absolute Gasteiger partial charge is 0.497 e. The summed E-state index contributed by atoms with van der Waals surface area (Å²) >= 11 is 1.98. The number of carbonyl (C=O) groups excluding carboxylic acids is 1. The maximum Gasteiger partial charge on any atom is 0.256 e. The highest BCUT2D eigenvalue weighted by molar-refractivity contribution is 8.54. The highest BCUT2D eigenvalue weighted by Gasteiger charge is 2.47. The second-order valence-corrected chi connectivity index (χ2v) is 18.8. The van der Waals surface area contributed by atoms with E-state index < -0.39 is 25.4 Å². The number of aromatic nitrogens is 4. The normalized spacial score (nSPS) is 21.5. The first kappa shape index (κ1) is 39.6. The number of imidazole rings is 1. The van der Waals surface area contributed by atoms with E-state index in [1.165, 1.54) is 38.4 Å². The molecule has 0 bridgehead atoms.